The minimum atomic E-state index is -0.682. The van der Waals surface area contributed by atoms with E-state index in [0.29, 0.717) is 25.1 Å². The van der Waals surface area contributed by atoms with Gasteiger partial charge in [0.1, 0.15) is 6.04 Å². The van der Waals surface area contributed by atoms with Crippen LogP contribution < -0.4 is 10.4 Å². The first kappa shape index (κ1) is 20.6. The van der Waals surface area contributed by atoms with Gasteiger partial charge in [-0.1, -0.05) is 66.7 Å². The number of carbonyl (C=O) groups excluding carboxylic acids is 3. The summed E-state index contributed by atoms with van der Waals surface area (Å²) in [6, 6.07) is 21.6. The molecule has 1 heterocycles. The van der Waals surface area contributed by atoms with Crippen LogP contribution in [0.15, 0.2) is 72.8 Å². The summed E-state index contributed by atoms with van der Waals surface area (Å²) in [6.07, 6.45) is 0.763. The van der Waals surface area contributed by atoms with Crippen molar-refractivity contribution in [3.05, 3.63) is 78.4 Å². The van der Waals surface area contributed by atoms with Crippen LogP contribution in [0.25, 0.3) is 10.8 Å². The quantitative estimate of drug-likeness (QED) is 0.347. The van der Waals surface area contributed by atoms with E-state index in [2.05, 4.69) is 0 Å². The molecule has 7 nitrogen and oxygen atoms in total. The first-order valence-corrected chi connectivity index (χ1v) is 10.2. The number of carbonyl (C=O) groups is 3. The summed E-state index contributed by atoms with van der Waals surface area (Å²) in [5, 5.41) is 10.5. The van der Waals surface area contributed by atoms with Gasteiger partial charge in [0.2, 0.25) is 5.91 Å². The van der Waals surface area contributed by atoms with Crippen molar-refractivity contribution >= 4 is 34.3 Å². The molecule has 2 N–H and O–H groups in total. The summed E-state index contributed by atoms with van der Waals surface area (Å²) < 4.78 is 0. The Morgan fingerprint density at radius 3 is 2.42 bits per heavy atom. The predicted octanol–water partition coefficient (Wildman–Crippen LogP) is 3.85. The van der Waals surface area contributed by atoms with Gasteiger partial charge in [0.25, 0.3) is 5.91 Å². The van der Waals surface area contributed by atoms with Crippen LogP contribution in [-0.2, 0) is 16.1 Å². The molecule has 3 aromatic rings. The predicted molar refractivity (Wildman–Crippen MR) is 116 cm³/mol. The Balaban J connectivity index is 1.67. The summed E-state index contributed by atoms with van der Waals surface area (Å²) in [6.45, 7) is 0.295. The van der Waals surface area contributed by atoms with Crippen LogP contribution in [-0.4, -0.2) is 34.0 Å². The Morgan fingerprint density at radius 2 is 1.65 bits per heavy atom. The largest absolute Gasteiger partial charge is 0.332 e. The van der Waals surface area contributed by atoms with Crippen LogP contribution in [0.1, 0.15) is 24.8 Å². The number of hydrogen-bond acceptors (Lipinski definition) is 4. The molecule has 1 aliphatic rings. The zero-order valence-electron chi connectivity index (χ0n) is 16.9. The Morgan fingerprint density at radius 1 is 0.935 bits per heavy atom. The number of imide groups is 1. The van der Waals surface area contributed by atoms with Gasteiger partial charge in [-0.05, 0) is 29.9 Å². The fourth-order valence-electron chi connectivity index (χ4n) is 4.01. The zero-order valence-corrected chi connectivity index (χ0v) is 16.9. The van der Waals surface area contributed by atoms with Crippen molar-refractivity contribution in [3.63, 3.8) is 0 Å². The number of hydroxylamine groups is 1. The van der Waals surface area contributed by atoms with Crippen LogP contribution in [0.3, 0.4) is 0 Å². The molecule has 7 heteroatoms. The van der Waals surface area contributed by atoms with Crippen molar-refractivity contribution in [2.75, 3.05) is 4.90 Å². The highest BCUT2D eigenvalue weighted by Gasteiger charge is 2.45. The van der Waals surface area contributed by atoms with E-state index in [1.807, 2.05) is 66.7 Å². The lowest BCUT2D eigenvalue weighted by atomic mass is 10.1. The van der Waals surface area contributed by atoms with E-state index >= 15 is 0 Å². The van der Waals surface area contributed by atoms with E-state index in [1.54, 1.807) is 16.4 Å². The number of fused-ring (bicyclic) bond motifs is 1. The molecule has 4 amide bonds. The van der Waals surface area contributed by atoms with Crippen LogP contribution in [0.2, 0.25) is 0 Å². The molecular weight excluding hydrogens is 394 g/mol. The first-order chi connectivity index (χ1) is 15.1. The number of urea groups is 1. The minimum absolute atomic E-state index is 0.0713. The number of rotatable bonds is 7. The zero-order chi connectivity index (χ0) is 21.8. The third-order valence-corrected chi connectivity index (χ3v) is 5.53. The molecule has 0 saturated carbocycles. The van der Waals surface area contributed by atoms with Crippen molar-refractivity contribution in [1.29, 1.82) is 0 Å². The van der Waals surface area contributed by atoms with Crippen LogP contribution in [0.4, 0.5) is 10.5 Å². The molecule has 158 valence electrons. The SMILES string of the molecule is O=C(CCCC1C(=O)N(c2cccc3ccccc23)C(=O)N1Cc1ccccc1)NO. The molecule has 0 spiro atoms. The van der Waals surface area contributed by atoms with E-state index in [4.69, 9.17) is 5.21 Å². The van der Waals surface area contributed by atoms with E-state index in [1.165, 1.54) is 4.90 Å². The third kappa shape index (κ3) is 4.13. The molecule has 1 aliphatic heterocycles. The van der Waals surface area contributed by atoms with Gasteiger partial charge in [0.05, 0.1) is 5.69 Å². The van der Waals surface area contributed by atoms with Crippen molar-refractivity contribution < 1.29 is 19.6 Å². The lowest BCUT2D eigenvalue weighted by Gasteiger charge is -2.22. The first-order valence-electron chi connectivity index (χ1n) is 10.2. The lowest BCUT2D eigenvalue weighted by Crippen LogP contribution is -2.35. The smallest absolute Gasteiger partial charge is 0.308 e. The van der Waals surface area contributed by atoms with Gasteiger partial charge < -0.3 is 4.90 Å². The highest BCUT2D eigenvalue weighted by atomic mass is 16.5. The number of amides is 4. The van der Waals surface area contributed by atoms with Gasteiger partial charge in [0.15, 0.2) is 0 Å². The highest BCUT2D eigenvalue weighted by molar-refractivity contribution is 6.24. The number of anilines is 1. The second-order valence-electron chi connectivity index (χ2n) is 7.51. The van der Waals surface area contributed by atoms with E-state index in [0.717, 1.165) is 16.3 Å². The molecule has 1 saturated heterocycles. The van der Waals surface area contributed by atoms with Gasteiger partial charge in [-0.15, -0.1) is 0 Å². The fourth-order valence-corrected chi connectivity index (χ4v) is 4.01. The topological polar surface area (TPSA) is 90.0 Å². The Bertz CT molecular complexity index is 1110. The molecular formula is C24H23N3O4. The standard InChI is InChI=1S/C24H23N3O4/c28-22(25-31)15-7-14-21-23(29)27(20-13-6-11-18-10-4-5-12-19(18)20)24(30)26(21)16-17-8-2-1-3-9-17/h1-6,8-13,21,31H,7,14-16H2,(H,25,28). The van der Waals surface area contributed by atoms with Gasteiger partial charge in [-0.25, -0.2) is 15.2 Å². The molecule has 0 bridgehead atoms. The van der Waals surface area contributed by atoms with Crippen molar-refractivity contribution in [1.82, 2.24) is 10.4 Å². The number of hydrogen-bond donors (Lipinski definition) is 2. The molecule has 0 aliphatic carbocycles. The van der Waals surface area contributed by atoms with Gasteiger partial charge in [0, 0.05) is 18.4 Å². The summed E-state index contributed by atoms with van der Waals surface area (Å²) in [5.74, 6) is -0.820. The second kappa shape index (κ2) is 8.97. The molecule has 0 aromatic heterocycles. The van der Waals surface area contributed by atoms with Crippen LogP contribution in [0, 0.1) is 0 Å². The van der Waals surface area contributed by atoms with Crippen LogP contribution >= 0.6 is 0 Å². The van der Waals surface area contributed by atoms with E-state index < -0.39 is 11.9 Å². The Hall–Kier alpha value is -3.71. The maximum atomic E-state index is 13.4. The number of nitrogens with zero attached hydrogens (tertiary/aromatic N) is 2. The summed E-state index contributed by atoms with van der Waals surface area (Å²) in [7, 11) is 0. The van der Waals surface area contributed by atoms with Crippen molar-refractivity contribution in [2.24, 2.45) is 0 Å². The van der Waals surface area contributed by atoms with E-state index in [-0.39, 0.29) is 18.4 Å². The maximum Gasteiger partial charge on any atom is 0.332 e. The average molecular weight is 417 g/mol. The van der Waals surface area contributed by atoms with Gasteiger partial charge >= 0.3 is 6.03 Å². The molecule has 1 unspecified atom stereocenters. The normalized spacial score (nSPS) is 16.2. The van der Waals surface area contributed by atoms with Gasteiger partial charge in [-0.3, -0.25) is 14.8 Å². The molecule has 1 atom stereocenters. The minimum Gasteiger partial charge on any atom is -0.308 e. The summed E-state index contributed by atoms with van der Waals surface area (Å²) in [4.78, 5) is 41.1. The lowest BCUT2D eigenvalue weighted by molar-refractivity contribution is -0.129. The van der Waals surface area contributed by atoms with E-state index in [9.17, 15) is 14.4 Å². The molecule has 0 radical (unpaired) electrons. The van der Waals surface area contributed by atoms with Crippen molar-refractivity contribution in [2.45, 2.75) is 31.8 Å². The van der Waals surface area contributed by atoms with Crippen molar-refractivity contribution in [3.8, 4) is 0 Å². The monoisotopic (exact) mass is 417 g/mol. The molecule has 3 aromatic carbocycles. The van der Waals surface area contributed by atoms with Gasteiger partial charge in [-0.2, -0.15) is 0 Å². The Labute approximate surface area is 179 Å². The van der Waals surface area contributed by atoms with Crippen LogP contribution in [0.5, 0.6) is 0 Å². The third-order valence-electron chi connectivity index (χ3n) is 5.53. The molecule has 4 rings (SSSR count). The number of nitrogens with one attached hydrogen (secondary N) is 1. The fraction of sp³-hybridized carbons (Fsp3) is 0.208. The molecule has 1 fully saturated rings. The molecule has 31 heavy (non-hydrogen) atoms. The summed E-state index contributed by atoms with van der Waals surface area (Å²) in [5.41, 5.74) is 3.08. The second-order valence-corrected chi connectivity index (χ2v) is 7.51. The Kier molecular flexibility index (Phi) is 5.95. The maximum absolute atomic E-state index is 13.4. The summed E-state index contributed by atoms with van der Waals surface area (Å²) >= 11 is 0. The highest BCUT2D eigenvalue weighted by Crippen LogP contribution is 2.33. The number of benzene rings is 3. The average Bonchev–Trinajstić information content (AvgIpc) is 3.03.